The van der Waals surface area contributed by atoms with Gasteiger partial charge in [0.2, 0.25) is 5.91 Å². The summed E-state index contributed by atoms with van der Waals surface area (Å²) >= 11 is 0. The molecule has 136 valence electrons. The Hall–Kier alpha value is -2.80. The minimum atomic E-state index is -0.236. The smallest absolute Gasteiger partial charge is 0.251 e. The first kappa shape index (κ1) is 18.0. The summed E-state index contributed by atoms with van der Waals surface area (Å²) in [7, 11) is 0. The molecule has 0 aliphatic carbocycles. The number of amides is 2. The van der Waals surface area contributed by atoms with Gasteiger partial charge in [0.05, 0.1) is 5.92 Å². The van der Waals surface area contributed by atoms with Crippen LogP contribution in [-0.2, 0) is 4.79 Å². The monoisotopic (exact) mass is 353 g/mol. The van der Waals surface area contributed by atoms with Crippen LogP contribution in [0.4, 0.5) is 0 Å². The van der Waals surface area contributed by atoms with Gasteiger partial charge < -0.3 is 16.0 Å². The molecule has 1 saturated heterocycles. The van der Waals surface area contributed by atoms with Crippen molar-refractivity contribution in [1.82, 2.24) is 20.2 Å². The lowest BCUT2D eigenvalue weighted by Crippen LogP contribution is -2.44. The lowest BCUT2D eigenvalue weighted by atomic mass is 9.97. The van der Waals surface area contributed by atoms with Crippen molar-refractivity contribution in [3.8, 4) is 11.1 Å². The van der Waals surface area contributed by atoms with E-state index in [4.69, 9.17) is 5.73 Å². The molecule has 0 bridgehead atoms. The number of benzene rings is 1. The lowest BCUT2D eigenvalue weighted by molar-refractivity contribution is -0.123. The molecule has 1 aromatic carbocycles. The number of hydrogen-bond donors (Lipinski definition) is 2. The highest BCUT2D eigenvalue weighted by molar-refractivity contribution is 5.95. The second-order valence-corrected chi connectivity index (χ2v) is 6.51. The molecule has 1 unspecified atom stereocenters. The Morgan fingerprint density at radius 1 is 1.23 bits per heavy atom. The molecule has 2 heterocycles. The van der Waals surface area contributed by atoms with Gasteiger partial charge in [0.25, 0.3) is 5.91 Å². The van der Waals surface area contributed by atoms with Gasteiger partial charge >= 0.3 is 0 Å². The number of hydrogen-bond acceptors (Lipinski definition) is 5. The molecule has 0 saturated carbocycles. The van der Waals surface area contributed by atoms with E-state index in [0.29, 0.717) is 25.2 Å². The molecule has 1 fully saturated rings. The maximum absolute atomic E-state index is 12.4. The molecule has 1 atom stereocenters. The van der Waals surface area contributed by atoms with Crippen molar-refractivity contribution in [2.75, 3.05) is 26.2 Å². The van der Waals surface area contributed by atoms with Crippen molar-refractivity contribution < 1.29 is 9.59 Å². The van der Waals surface area contributed by atoms with Crippen LogP contribution in [0.25, 0.3) is 11.1 Å². The van der Waals surface area contributed by atoms with E-state index in [1.807, 2.05) is 18.2 Å². The predicted molar refractivity (Wildman–Crippen MR) is 98.2 cm³/mol. The van der Waals surface area contributed by atoms with Crippen LogP contribution in [-0.4, -0.2) is 52.9 Å². The summed E-state index contributed by atoms with van der Waals surface area (Å²) in [6, 6.07) is 7.39. The van der Waals surface area contributed by atoms with Crippen molar-refractivity contribution in [2.45, 2.75) is 12.8 Å². The zero-order valence-electron chi connectivity index (χ0n) is 14.6. The van der Waals surface area contributed by atoms with E-state index < -0.39 is 0 Å². The summed E-state index contributed by atoms with van der Waals surface area (Å²) in [6.07, 6.45) is 6.73. The van der Waals surface area contributed by atoms with E-state index in [-0.39, 0.29) is 17.7 Å². The summed E-state index contributed by atoms with van der Waals surface area (Å²) in [5.41, 5.74) is 7.77. The average Bonchev–Trinajstić information content (AvgIpc) is 2.69. The second-order valence-electron chi connectivity index (χ2n) is 6.51. The molecule has 26 heavy (non-hydrogen) atoms. The number of piperidine rings is 1. The summed E-state index contributed by atoms with van der Waals surface area (Å²) in [5, 5.41) is 2.94. The van der Waals surface area contributed by atoms with E-state index in [9.17, 15) is 9.59 Å². The largest absolute Gasteiger partial charge is 0.369 e. The summed E-state index contributed by atoms with van der Waals surface area (Å²) < 4.78 is 0. The third-order valence-corrected chi connectivity index (χ3v) is 4.64. The van der Waals surface area contributed by atoms with Gasteiger partial charge in [-0.1, -0.05) is 12.1 Å². The van der Waals surface area contributed by atoms with Crippen LogP contribution in [0.5, 0.6) is 0 Å². The molecule has 1 aliphatic heterocycles. The van der Waals surface area contributed by atoms with Crippen molar-refractivity contribution in [1.29, 1.82) is 0 Å². The molecular weight excluding hydrogens is 330 g/mol. The third kappa shape index (κ3) is 4.64. The van der Waals surface area contributed by atoms with Gasteiger partial charge in [-0.25, -0.2) is 9.97 Å². The normalized spacial score (nSPS) is 17.6. The van der Waals surface area contributed by atoms with Crippen LogP contribution in [0.2, 0.25) is 0 Å². The SMILES string of the molecule is NC(=O)C1CCCN(CCNC(=O)c2cccc(-c3cncnc3)c2)C1. The second kappa shape index (κ2) is 8.53. The minimum absolute atomic E-state index is 0.0794. The van der Waals surface area contributed by atoms with Crippen LogP contribution in [0.3, 0.4) is 0 Å². The number of nitrogens with zero attached hydrogens (tertiary/aromatic N) is 3. The van der Waals surface area contributed by atoms with Crippen molar-refractivity contribution in [3.63, 3.8) is 0 Å². The Morgan fingerprint density at radius 3 is 2.81 bits per heavy atom. The highest BCUT2D eigenvalue weighted by Gasteiger charge is 2.23. The molecular formula is C19H23N5O2. The number of rotatable bonds is 6. The van der Waals surface area contributed by atoms with E-state index >= 15 is 0 Å². The van der Waals surface area contributed by atoms with Crippen molar-refractivity contribution >= 4 is 11.8 Å². The first-order valence-electron chi connectivity index (χ1n) is 8.79. The molecule has 7 nitrogen and oxygen atoms in total. The molecule has 2 aromatic rings. The first-order valence-corrected chi connectivity index (χ1v) is 8.79. The Labute approximate surface area is 152 Å². The highest BCUT2D eigenvalue weighted by atomic mass is 16.2. The molecule has 0 radical (unpaired) electrons. The van der Waals surface area contributed by atoms with Crippen molar-refractivity contribution in [2.24, 2.45) is 11.7 Å². The molecule has 7 heteroatoms. The zero-order chi connectivity index (χ0) is 18.4. The summed E-state index contributed by atoms with van der Waals surface area (Å²) in [6.45, 7) is 2.85. The van der Waals surface area contributed by atoms with Gasteiger partial charge in [0, 0.05) is 43.2 Å². The lowest BCUT2D eigenvalue weighted by Gasteiger charge is -2.31. The van der Waals surface area contributed by atoms with Gasteiger partial charge in [0.1, 0.15) is 6.33 Å². The minimum Gasteiger partial charge on any atom is -0.369 e. The number of likely N-dealkylation sites (tertiary alicyclic amines) is 1. The number of aromatic nitrogens is 2. The average molecular weight is 353 g/mol. The molecule has 3 rings (SSSR count). The third-order valence-electron chi connectivity index (χ3n) is 4.64. The molecule has 1 aromatic heterocycles. The standard InChI is InChI=1S/C19H23N5O2/c20-18(25)16-5-2-7-24(12-16)8-6-23-19(26)15-4-1-3-14(9-15)17-10-21-13-22-11-17/h1,3-4,9-11,13,16H,2,5-8,12H2,(H2,20,25)(H,23,26). The van der Waals surface area contributed by atoms with Crippen LogP contribution in [0, 0.1) is 5.92 Å². The fraction of sp³-hybridized carbons (Fsp3) is 0.368. The number of primary amides is 1. The Kier molecular flexibility index (Phi) is 5.91. The quantitative estimate of drug-likeness (QED) is 0.809. The van der Waals surface area contributed by atoms with Gasteiger partial charge in [-0.3, -0.25) is 9.59 Å². The Morgan fingerprint density at radius 2 is 2.04 bits per heavy atom. The number of carbonyl (C=O) groups excluding carboxylic acids is 2. The van der Waals surface area contributed by atoms with Gasteiger partial charge in [0.15, 0.2) is 0 Å². The van der Waals surface area contributed by atoms with Gasteiger partial charge in [-0.2, -0.15) is 0 Å². The van der Waals surface area contributed by atoms with Crippen LogP contribution in [0.1, 0.15) is 23.2 Å². The van der Waals surface area contributed by atoms with Gasteiger partial charge in [-0.15, -0.1) is 0 Å². The van der Waals surface area contributed by atoms with E-state index in [1.54, 1.807) is 18.5 Å². The first-order chi connectivity index (χ1) is 12.6. The molecule has 2 amide bonds. The molecule has 1 aliphatic rings. The van der Waals surface area contributed by atoms with Crippen molar-refractivity contribution in [3.05, 3.63) is 48.5 Å². The Balaban J connectivity index is 1.53. The van der Waals surface area contributed by atoms with Gasteiger partial charge in [-0.05, 0) is 37.1 Å². The number of nitrogens with one attached hydrogen (secondary N) is 1. The van der Waals surface area contributed by atoms with E-state index in [0.717, 1.165) is 30.5 Å². The number of carbonyl (C=O) groups is 2. The molecule has 0 spiro atoms. The van der Waals surface area contributed by atoms with E-state index in [2.05, 4.69) is 20.2 Å². The van der Waals surface area contributed by atoms with Crippen LogP contribution >= 0.6 is 0 Å². The number of nitrogens with two attached hydrogens (primary N) is 1. The maximum atomic E-state index is 12.4. The molecule has 3 N–H and O–H groups in total. The highest BCUT2D eigenvalue weighted by Crippen LogP contribution is 2.18. The predicted octanol–water partition coefficient (Wildman–Crippen LogP) is 1.07. The summed E-state index contributed by atoms with van der Waals surface area (Å²) in [4.78, 5) is 33.9. The topological polar surface area (TPSA) is 101 Å². The van der Waals surface area contributed by atoms with Crippen LogP contribution < -0.4 is 11.1 Å². The summed E-state index contributed by atoms with van der Waals surface area (Å²) in [5.74, 6) is -0.433. The fourth-order valence-electron chi connectivity index (χ4n) is 3.21. The fourth-order valence-corrected chi connectivity index (χ4v) is 3.21. The maximum Gasteiger partial charge on any atom is 0.251 e. The zero-order valence-corrected chi connectivity index (χ0v) is 14.6. The van der Waals surface area contributed by atoms with E-state index in [1.165, 1.54) is 6.33 Å². The van der Waals surface area contributed by atoms with Crippen LogP contribution in [0.15, 0.2) is 43.0 Å². The Bertz CT molecular complexity index is 766.